The SMILES string of the molecule is Cc1nn(-c2ccccc2)c(COC(=O)CC2C=CS(=O)(=O)C2)c1C#N. The van der Waals surface area contributed by atoms with E-state index in [1.54, 1.807) is 11.6 Å². The normalized spacial score (nSPS) is 17.8. The van der Waals surface area contributed by atoms with Crippen LogP contribution in [0.25, 0.3) is 5.69 Å². The van der Waals surface area contributed by atoms with Crippen LogP contribution in [0.5, 0.6) is 0 Å². The lowest BCUT2D eigenvalue weighted by Crippen LogP contribution is -2.15. The summed E-state index contributed by atoms with van der Waals surface area (Å²) >= 11 is 0. The van der Waals surface area contributed by atoms with Crippen molar-refractivity contribution in [2.45, 2.75) is 20.0 Å². The van der Waals surface area contributed by atoms with Crippen molar-refractivity contribution in [3.8, 4) is 11.8 Å². The third-order valence-corrected chi connectivity index (χ3v) is 5.54. The van der Waals surface area contributed by atoms with Crippen molar-refractivity contribution in [1.29, 1.82) is 5.26 Å². The first-order valence-corrected chi connectivity index (χ1v) is 9.72. The molecule has 1 unspecified atom stereocenters. The van der Waals surface area contributed by atoms with E-state index in [1.807, 2.05) is 30.3 Å². The number of sulfone groups is 1. The number of benzene rings is 1. The first kappa shape index (κ1) is 17.9. The molecule has 0 amide bonds. The van der Waals surface area contributed by atoms with Crippen LogP contribution in [-0.2, 0) is 26.0 Å². The number of esters is 1. The number of aryl methyl sites for hydroxylation is 1. The highest BCUT2D eigenvalue weighted by atomic mass is 32.2. The fourth-order valence-electron chi connectivity index (χ4n) is 2.83. The first-order valence-electron chi connectivity index (χ1n) is 8.00. The number of nitriles is 1. The maximum atomic E-state index is 12.1. The van der Waals surface area contributed by atoms with Crippen LogP contribution >= 0.6 is 0 Å². The van der Waals surface area contributed by atoms with Gasteiger partial charge in [-0.2, -0.15) is 10.4 Å². The van der Waals surface area contributed by atoms with E-state index in [0.29, 0.717) is 17.0 Å². The Balaban J connectivity index is 1.74. The van der Waals surface area contributed by atoms with Crippen LogP contribution in [0.1, 0.15) is 23.4 Å². The second kappa shape index (κ2) is 7.14. The number of ether oxygens (including phenoxy) is 1. The molecule has 1 aromatic carbocycles. The van der Waals surface area contributed by atoms with Gasteiger partial charge in [-0.3, -0.25) is 4.79 Å². The molecule has 26 heavy (non-hydrogen) atoms. The summed E-state index contributed by atoms with van der Waals surface area (Å²) < 4.78 is 29.7. The zero-order valence-electron chi connectivity index (χ0n) is 14.1. The second-order valence-electron chi connectivity index (χ2n) is 6.05. The van der Waals surface area contributed by atoms with Crippen molar-refractivity contribution in [2.24, 2.45) is 5.92 Å². The molecule has 0 saturated heterocycles. The third-order valence-electron chi connectivity index (χ3n) is 4.07. The molecular formula is C18H17N3O4S. The molecule has 0 fully saturated rings. The Morgan fingerprint density at radius 2 is 2.12 bits per heavy atom. The van der Waals surface area contributed by atoms with E-state index in [9.17, 15) is 18.5 Å². The molecule has 134 valence electrons. The third kappa shape index (κ3) is 3.83. The minimum absolute atomic E-state index is 0.0178. The van der Waals surface area contributed by atoms with Gasteiger partial charge in [0.25, 0.3) is 0 Å². The molecule has 1 atom stereocenters. The fraction of sp³-hybridized carbons (Fsp3) is 0.278. The van der Waals surface area contributed by atoms with Gasteiger partial charge in [0.05, 0.1) is 29.2 Å². The van der Waals surface area contributed by atoms with Crippen molar-refractivity contribution in [3.63, 3.8) is 0 Å². The summed E-state index contributed by atoms with van der Waals surface area (Å²) in [4.78, 5) is 12.1. The lowest BCUT2D eigenvalue weighted by atomic mass is 10.1. The van der Waals surface area contributed by atoms with E-state index >= 15 is 0 Å². The molecule has 1 aliphatic heterocycles. The number of allylic oxidation sites excluding steroid dienone is 1. The molecule has 0 N–H and O–H groups in total. The zero-order valence-corrected chi connectivity index (χ0v) is 14.9. The molecule has 3 rings (SSSR count). The predicted molar refractivity (Wildman–Crippen MR) is 93.8 cm³/mol. The smallest absolute Gasteiger partial charge is 0.306 e. The van der Waals surface area contributed by atoms with E-state index in [-0.39, 0.29) is 24.7 Å². The maximum absolute atomic E-state index is 12.1. The highest BCUT2D eigenvalue weighted by molar-refractivity contribution is 7.94. The van der Waals surface area contributed by atoms with Gasteiger partial charge in [-0.25, -0.2) is 13.1 Å². The summed E-state index contributed by atoms with van der Waals surface area (Å²) in [6.45, 7) is 1.61. The van der Waals surface area contributed by atoms with Crippen LogP contribution in [0.15, 0.2) is 41.8 Å². The van der Waals surface area contributed by atoms with Gasteiger partial charge in [0, 0.05) is 11.3 Å². The molecule has 7 nitrogen and oxygen atoms in total. The van der Waals surface area contributed by atoms with Crippen LogP contribution in [0.3, 0.4) is 0 Å². The molecular weight excluding hydrogens is 354 g/mol. The highest BCUT2D eigenvalue weighted by Gasteiger charge is 2.25. The monoisotopic (exact) mass is 371 g/mol. The zero-order chi connectivity index (χ0) is 18.7. The van der Waals surface area contributed by atoms with Crippen LogP contribution in [0.2, 0.25) is 0 Å². The first-order chi connectivity index (χ1) is 12.4. The van der Waals surface area contributed by atoms with Gasteiger partial charge in [0.1, 0.15) is 18.2 Å². The van der Waals surface area contributed by atoms with Gasteiger partial charge in [-0.05, 0) is 19.1 Å². The van der Waals surface area contributed by atoms with Crippen LogP contribution in [-0.4, -0.2) is 29.9 Å². The minimum atomic E-state index is -3.20. The molecule has 1 aliphatic rings. The highest BCUT2D eigenvalue weighted by Crippen LogP contribution is 2.21. The summed E-state index contributed by atoms with van der Waals surface area (Å²) in [5, 5.41) is 14.9. The number of para-hydroxylation sites is 1. The number of rotatable bonds is 5. The van der Waals surface area contributed by atoms with Crippen molar-refractivity contribution < 1.29 is 17.9 Å². The molecule has 0 radical (unpaired) electrons. The summed E-state index contributed by atoms with van der Waals surface area (Å²) in [5.41, 5.74) is 2.16. The average Bonchev–Trinajstić information content (AvgIpc) is 3.12. The van der Waals surface area contributed by atoms with Gasteiger partial charge in [-0.1, -0.05) is 24.3 Å². The van der Waals surface area contributed by atoms with Crippen molar-refractivity contribution in [3.05, 3.63) is 58.8 Å². The lowest BCUT2D eigenvalue weighted by Gasteiger charge is -2.10. The Morgan fingerprint density at radius 3 is 2.73 bits per heavy atom. The van der Waals surface area contributed by atoms with Crippen LogP contribution in [0, 0.1) is 24.2 Å². The van der Waals surface area contributed by atoms with Crippen molar-refractivity contribution in [1.82, 2.24) is 9.78 Å². The van der Waals surface area contributed by atoms with Gasteiger partial charge in [-0.15, -0.1) is 0 Å². The van der Waals surface area contributed by atoms with E-state index in [2.05, 4.69) is 11.2 Å². The van der Waals surface area contributed by atoms with E-state index in [0.717, 1.165) is 11.1 Å². The fourth-order valence-corrected chi connectivity index (χ4v) is 4.22. The van der Waals surface area contributed by atoms with Gasteiger partial charge < -0.3 is 4.74 Å². The number of aromatic nitrogens is 2. The van der Waals surface area contributed by atoms with Crippen LogP contribution in [0.4, 0.5) is 0 Å². The molecule has 1 aromatic heterocycles. The molecule has 0 saturated carbocycles. The molecule has 0 bridgehead atoms. The average molecular weight is 371 g/mol. The summed E-state index contributed by atoms with van der Waals surface area (Å²) in [5.74, 6) is -0.963. The standard InChI is InChI=1S/C18H17N3O4S/c1-13-16(10-19)17(21(20-13)15-5-3-2-4-6-15)11-25-18(22)9-14-7-8-26(23,24)12-14/h2-8,14H,9,11-12H2,1H3. The minimum Gasteiger partial charge on any atom is -0.459 e. The summed E-state index contributed by atoms with van der Waals surface area (Å²) in [7, 11) is -3.20. The quantitative estimate of drug-likeness (QED) is 0.745. The number of carbonyl (C=O) groups excluding carboxylic acids is 1. The second-order valence-corrected chi connectivity index (χ2v) is 7.98. The van der Waals surface area contributed by atoms with E-state index in [4.69, 9.17) is 4.74 Å². The maximum Gasteiger partial charge on any atom is 0.306 e. The topological polar surface area (TPSA) is 102 Å². The number of hydrogen-bond donors (Lipinski definition) is 0. The molecule has 0 spiro atoms. The Hall–Kier alpha value is -2.92. The number of carbonyl (C=O) groups is 1. The largest absolute Gasteiger partial charge is 0.459 e. The molecule has 2 heterocycles. The number of nitrogens with zero attached hydrogens (tertiary/aromatic N) is 3. The Morgan fingerprint density at radius 1 is 1.38 bits per heavy atom. The Bertz CT molecular complexity index is 1000. The van der Waals surface area contributed by atoms with E-state index < -0.39 is 15.8 Å². The number of hydrogen-bond acceptors (Lipinski definition) is 6. The van der Waals surface area contributed by atoms with Crippen molar-refractivity contribution >= 4 is 15.8 Å². The molecule has 8 heteroatoms. The lowest BCUT2D eigenvalue weighted by molar-refractivity contribution is -0.145. The summed E-state index contributed by atoms with van der Waals surface area (Å²) in [6.07, 6.45) is 1.49. The van der Waals surface area contributed by atoms with Crippen molar-refractivity contribution in [2.75, 3.05) is 5.75 Å². The predicted octanol–water partition coefficient (Wildman–Crippen LogP) is 2.04. The summed E-state index contributed by atoms with van der Waals surface area (Å²) in [6, 6.07) is 11.3. The Labute approximate surface area is 151 Å². The van der Waals surface area contributed by atoms with Gasteiger partial charge in [0.15, 0.2) is 9.84 Å². The Kier molecular flexibility index (Phi) is 4.91. The van der Waals surface area contributed by atoms with Gasteiger partial charge in [0.2, 0.25) is 0 Å². The van der Waals surface area contributed by atoms with Gasteiger partial charge >= 0.3 is 5.97 Å². The van der Waals surface area contributed by atoms with Crippen LogP contribution < -0.4 is 0 Å². The molecule has 0 aliphatic carbocycles. The van der Waals surface area contributed by atoms with E-state index in [1.165, 1.54) is 6.08 Å². The molecule has 2 aromatic rings.